The summed E-state index contributed by atoms with van der Waals surface area (Å²) < 4.78 is 24.1. The van der Waals surface area contributed by atoms with E-state index in [4.69, 9.17) is 9.05 Å². The number of rotatable bonds is 20. The number of hydrogen-bond acceptors (Lipinski definition) is 3. The Morgan fingerprint density at radius 2 is 0.889 bits per heavy atom. The molecule has 0 fully saturated rings. The summed E-state index contributed by atoms with van der Waals surface area (Å²) in [5.74, 6) is 0. The van der Waals surface area contributed by atoms with Crippen molar-refractivity contribution >= 4 is 7.60 Å². The lowest BCUT2D eigenvalue weighted by Crippen LogP contribution is -2.12. The summed E-state index contributed by atoms with van der Waals surface area (Å²) in [7, 11) is -2.95. The van der Waals surface area contributed by atoms with Gasteiger partial charge in [0.05, 0.1) is 12.2 Å². The fourth-order valence-corrected chi connectivity index (χ4v) is 5.13. The fourth-order valence-electron chi connectivity index (χ4n) is 3.56. The van der Waals surface area contributed by atoms with E-state index in [-0.39, 0.29) is 12.2 Å². The lowest BCUT2D eigenvalue weighted by molar-refractivity contribution is 0.120. The third-order valence-electron chi connectivity index (χ3n) is 5.17. The van der Waals surface area contributed by atoms with Crippen molar-refractivity contribution in [2.45, 2.75) is 143 Å². The van der Waals surface area contributed by atoms with Crippen LogP contribution in [0.1, 0.15) is 130 Å². The van der Waals surface area contributed by atoms with Crippen LogP contribution in [0.15, 0.2) is 0 Å². The minimum atomic E-state index is -2.95. The van der Waals surface area contributed by atoms with Gasteiger partial charge in [-0.2, -0.15) is 0 Å². The predicted molar refractivity (Wildman–Crippen MR) is 120 cm³/mol. The molecule has 4 heteroatoms. The summed E-state index contributed by atoms with van der Waals surface area (Å²) in [4.78, 5) is 0. The van der Waals surface area contributed by atoms with Crippen molar-refractivity contribution < 1.29 is 13.6 Å². The Kier molecular flexibility index (Phi) is 18.3. The van der Waals surface area contributed by atoms with E-state index in [0.29, 0.717) is 0 Å². The van der Waals surface area contributed by atoms with E-state index in [0.717, 1.165) is 25.7 Å². The summed E-state index contributed by atoms with van der Waals surface area (Å²) in [6.45, 7) is 10.2. The molecule has 0 radical (unpaired) electrons. The Balaban J connectivity index is 3.73. The predicted octanol–water partition coefficient (Wildman–Crippen LogP) is 8.90. The summed E-state index contributed by atoms with van der Waals surface area (Å²) in [6.07, 6.45) is 20.1. The first-order valence-corrected chi connectivity index (χ1v) is 13.8. The van der Waals surface area contributed by atoms with Crippen LogP contribution in [-0.2, 0) is 13.6 Å². The van der Waals surface area contributed by atoms with Crippen molar-refractivity contribution in [2.75, 3.05) is 6.66 Å². The average Bonchev–Trinajstić information content (AvgIpc) is 2.59. The lowest BCUT2D eigenvalue weighted by atomic mass is 10.1. The summed E-state index contributed by atoms with van der Waals surface area (Å²) >= 11 is 0. The molecule has 0 aliphatic carbocycles. The maximum Gasteiger partial charge on any atom is 0.328 e. The van der Waals surface area contributed by atoms with Crippen molar-refractivity contribution in [3.8, 4) is 0 Å². The maximum absolute atomic E-state index is 12.6. The monoisotopic (exact) mass is 404 g/mol. The van der Waals surface area contributed by atoms with Crippen LogP contribution < -0.4 is 0 Å². The van der Waals surface area contributed by atoms with Gasteiger partial charge in [-0.15, -0.1) is 0 Å². The quantitative estimate of drug-likeness (QED) is 0.150. The third kappa shape index (κ3) is 19.2. The zero-order valence-electron chi connectivity index (χ0n) is 19.1. The second kappa shape index (κ2) is 18.2. The van der Waals surface area contributed by atoms with E-state index in [1.54, 1.807) is 6.66 Å². The van der Waals surface area contributed by atoms with E-state index in [2.05, 4.69) is 13.8 Å². The highest BCUT2D eigenvalue weighted by molar-refractivity contribution is 7.53. The van der Waals surface area contributed by atoms with Crippen LogP contribution in [0.2, 0.25) is 0 Å². The molecule has 0 aromatic rings. The minimum absolute atomic E-state index is 0.0160. The molecule has 3 nitrogen and oxygen atoms in total. The molecule has 2 atom stereocenters. The van der Waals surface area contributed by atoms with E-state index in [1.165, 1.54) is 77.0 Å². The molecule has 27 heavy (non-hydrogen) atoms. The fraction of sp³-hybridized carbons (Fsp3) is 1.00. The van der Waals surface area contributed by atoms with Crippen LogP contribution in [0.4, 0.5) is 0 Å². The van der Waals surface area contributed by atoms with Crippen LogP contribution in [-0.4, -0.2) is 18.9 Å². The van der Waals surface area contributed by atoms with E-state index < -0.39 is 7.60 Å². The summed E-state index contributed by atoms with van der Waals surface area (Å²) in [5, 5.41) is 0. The molecule has 0 saturated heterocycles. The van der Waals surface area contributed by atoms with Crippen molar-refractivity contribution in [1.29, 1.82) is 0 Å². The summed E-state index contributed by atoms with van der Waals surface area (Å²) in [6, 6.07) is 0. The van der Waals surface area contributed by atoms with Crippen molar-refractivity contribution in [2.24, 2.45) is 0 Å². The molecular weight excluding hydrogens is 355 g/mol. The zero-order chi connectivity index (χ0) is 20.4. The smallest absolute Gasteiger partial charge is 0.306 e. The molecule has 0 aromatic carbocycles. The molecule has 0 bridgehead atoms. The van der Waals surface area contributed by atoms with Gasteiger partial charge in [0.2, 0.25) is 0 Å². The van der Waals surface area contributed by atoms with Crippen LogP contribution >= 0.6 is 7.60 Å². The molecule has 0 saturated carbocycles. The molecule has 0 aromatic heterocycles. The molecule has 0 rings (SSSR count). The van der Waals surface area contributed by atoms with Gasteiger partial charge in [-0.05, 0) is 26.7 Å². The van der Waals surface area contributed by atoms with Gasteiger partial charge in [0.1, 0.15) is 0 Å². The molecule has 0 spiro atoms. The van der Waals surface area contributed by atoms with Crippen LogP contribution in [0.3, 0.4) is 0 Å². The van der Waals surface area contributed by atoms with E-state index >= 15 is 0 Å². The second-order valence-electron chi connectivity index (χ2n) is 8.42. The molecule has 164 valence electrons. The first kappa shape index (κ1) is 27.1. The van der Waals surface area contributed by atoms with Gasteiger partial charge in [0.25, 0.3) is 0 Å². The zero-order valence-corrected chi connectivity index (χ0v) is 20.0. The molecular formula is C23H49O3P. The normalized spacial score (nSPS) is 16.2. The van der Waals surface area contributed by atoms with Crippen molar-refractivity contribution in [1.82, 2.24) is 0 Å². The van der Waals surface area contributed by atoms with Crippen LogP contribution in [0.25, 0.3) is 0 Å². The Hall–Kier alpha value is 0.150. The highest BCUT2D eigenvalue weighted by atomic mass is 31.2. The third-order valence-corrected chi connectivity index (χ3v) is 6.66. The Bertz CT molecular complexity index is 330. The van der Waals surface area contributed by atoms with Gasteiger partial charge in [-0.3, -0.25) is 4.57 Å². The maximum atomic E-state index is 12.6. The van der Waals surface area contributed by atoms with Crippen molar-refractivity contribution in [3.05, 3.63) is 0 Å². The highest BCUT2D eigenvalue weighted by Crippen LogP contribution is 2.47. The van der Waals surface area contributed by atoms with Gasteiger partial charge in [0.15, 0.2) is 0 Å². The minimum Gasteiger partial charge on any atom is -0.306 e. The molecule has 0 N–H and O–H groups in total. The SMILES string of the molecule is CCCCCCCCCC(C)OP(C)(=O)OC(C)CCCCCCCCC. The number of hydrogen-bond donors (Lipinski definition) is 0. The first-order valence-electron chi connectivity index (χ1n) is 11.9. The molecule has 0 heterocycles. The average molecular weight is 405 g/mol. The van der Waals surface area contributed by atoms with Gasteiger partial charge >= 0.3 is 7.60 Å². The largest absolute Gasteiger partial charge is 0.328 e. The Morgan fingerprint density at radius 1 is 0.593 bits per heavy atom. The Morgan fingerprint density at radius 3 is 1.22 bits per heavy atom. The molecule has 0 amide bonds. The van der Waals surface area contributed by atoms with Crippen LogP contribution in [0, 0.1) is 0 Å². The summed E-state index contributed by atoms with van der Waals surface area (Å²) in [5.41, 5.74) is 0. The highest BCUT2D eigenvalue weighted by Gasteiger charge is 2.23. The van der Waals surface area contributed by atoms with Gasteiger partial charge in [0, 0.05) is 6.66 Å². The van der Waals surface area contributed by atoms with Crippen molar-refractivity contribution in [3.63, 3.8) is 0 Å². The van der Waals surface area contributed by atoms with Gasteiger partial charge in [-0.1, -0.05) is 104 Å². The standard InChI is InChI=1S/C23H49O3P/c1-6-8-10-12-14-16-18-20-22(3)25-27(5,24)26-23(4)21-19-17-15-13-11-9-7-2/h22-23H,6-21H2,1-5H3. The molecule has 0 aliphatic rings. The lowest BCUT2D eigenvalue weighted by Gasteiger charge is -2.22. The topological polar surface area (TPSA) is 35.5 Å². The molecule has 0 aliphatic heterocycles. The second-order valence-corrected chi connectivity index (χ2v) is 10.4. The number of unbranched alkanes of at least 4 members (excludes halogenated alkanes) is 12. The van der Waals surface area contributed by atoms with Gasteiger partial charge in [-0.25, -0.2) is 0 Å². The van der Waals surface area contributed by atoms with E-state index in [1.807, 2.05) is 13.8 Å². The first-order chi connectivity index (χ1) is 12.9. The van der Waals surface area contributed by atoms with Gasteiger partial charge < -0.3 is 9.05 Å². The molecule has 2 unspecified atom stereocenters. The van der Waals surface area contributed by atoms with E-state index in [9.17, 15) is 4.57 Å². The Labute approximate surface area is 170 Å². The van der Waals surface area contributed by atoms with Crippen LogP contribution in [0.5, 0.6) is 0 Å².